The second-order valence-corrected chi connectivity index (χ2v) is 3.54. The molecule has 1 aromatic carbocycles. The molecule has 80 valence electrons. The first kappa shape index (κ1) is 10.4. The normalized spacial score (nSPS) is 10.8. The number of phenols is 1. The molecule has 16 heavy (non-hydrogen) atoms. The first-order chi connectivity index (χ1) is 7.74. The number of aryl methyl sites for hydroxylation is 1. The number of benzene rings is 1. The predicted molar refractivity (Wildman–Crippen MR) is 64.3 cm³/mol. The summed E-state index contributed by atoms with van der Waals surface area (Å²) < 4.78 is 0. The third kappa shape index (κ3) is 2.67. The summed E-state index contributed by atoms with van der Waals surface area (Å²) in [5, 5.41) is 9.12. The van der Waals surface area contributed by atoms with Gasteiger partial charge in [0.2, 0.25) is 0 Å². The van der Waals surface area contributed by atoms with Gasteiger partial charge in [0.05, 0.1) is 0 Å². The van der Waals surface area contributed by atoms with Crippen molar-refractivity contribution in [2.75, 3.05) is 0 Å². The van der Waals surface area contributed by atoms with Crippen molar-refractivity contribution in [2.45, 2.75) is 6.92 Å². The lowest BCUT2D eigenvalue weighted by Gasteiger charge is -1.95. The highest BCUT2D eigenvalue weighted by Crippen LogP contribution is 2.10. The van der Waals surface area contributed by atoms with Crippen LogP contribution in [0.25, 0.3) is 0 Å². The van der Waals surface area contributed by atoms with Crippen LogP contribution in [0.5, 0.6) is 5.75 Å². The summed E-state index contributed by atoms with van der Waals surface area (Å²) in [4.78, 5) is 8.39. The van der Waals surface area contributed by atoms with Crippen LogP contribution in [0.15, 0.2) is 47.6 Å². The van der Waals surface area contributed by atoms with Crippen molar-refractivity contribution in [3.05, 3.63) is 53.7 Å². The lowest BCUT2D eigenvalue weighted by molar-refractivity contribution is 0.475. The molecule has 0 spiro atoms. The molecule has 1 N–H and O–H groups in total. The topological polar surface area (TPSA) is 45.5 Å². The van der Waals surface area contributed by atoms with Crippen LogP contribution in [0, 0.1) is 6.92 Å². The maximum Gasteiger partial charge on any atom is 0.151 e. The summed E-state index contributed by atoms with van der Waals surface area (Å²) in [5.41, 5.74) is 2.05. The van der Waals surface area contributed by atoms with E-state index in [9.17, 15) is 0 Å². The first-order valence-electron chi connectivity index (χ1n) is 5.00. The van der Waals surface area contributed by atoms with E-state index >= 15 is 0 Å². The van der Waals surface area contributed by atoms with Crippen LogP contribution in [0.3, 0.4) is 0 Å². The molecule has 2 aromatic rings. The fourth-order valence-electron chi connectivity index (χ4n) is 1.24. The van der Waals surface area contributed by atoms with E-state index in [4.69, 9.17) is 5.11 Å². The highest BCUT2D eigenvalue weighted by atomic mass is 16.3. The van der Waals surface area contributed by atoms with E-state index in [0.29, 0.717) is 5.82 Å². The van der Waals surface area contributed by atoms with Crippen molar-refractivity contribution in [1.29, 1.82) is 0 Å². The van der Waals surface area contributed by atoms with Gasteiger partial charge in [0.15, 0.2) is 5.82 Å². The molecule has 1 aromatic heterocycles. The van der Waals surface area contributed by atoms with Gasteiger partial charge in [-0.15, -0.1) is 0 Å². The summed E-state index contributed by atoms with van der Waals surface area (Å²) in [7, 11) is 0. The highest BCUT2D eigenvalue weighted by Gasteiger charge is 1.91. The van der Waals surface area contributed by atoms with Gasteiger partial charge in [-0.25, -0.2) is 9.98 Å². The maximum absolute atomic E-state index is 9.12. The molecule has 0 unspecified atom stereocenters. The maximum atomic E-state index is 9.12. The molecule has 0 aliphatic heterocycles. The number of hydrogen-bond acceptors (Lipinski definition) is 3. The van der Waals surface area contributed by atoms with E-state index in [1.165, 1.54) is 0 Å². The number of aliphatic imine (C=N–C) groups is 1. The molecule has 0 amide bonds. The molecular formula is C13H12N2O. The molecule has 0 radical (unpaired) electrons. The van der Waals surface area contributed by atoms with Crippen molar-refractivity contribution in [3.8, 4) is 5.75 Å². The SMILES string of the molecule is Cc1ccc(N=Cc2ccc(O)cc2)nc1. The number of nitrogens with zero attached hydrogens (tertiary/aromatic N) is 2. The molecule has 0 fully saturated rings. The van der Waals surface area contributed by atoms with E-state index in [-0.39, 0.29) is 5.75 Å². The molecular weight excluding hydrogens is 200 g/mol. The molecule has 0 bridgehead atoms. The summed E-state index contributed by atoms with van der Waals surface area (Å²) >= 11 is 0. The Balaban J connectivity index is 2.15. The van der Waals surface area contributed by atoms with Crippen LogP contribution in [0.2, 0.25) is 0 Å². The van der Waals surface area contributed by atoms with Gasteiger partial charge < -0.3 is 5.11 Å². The van der Waals surface area contributed by atoms with Crippen LogP contribution in [0.1, 0.15) is 11.1 Å². The van der Waals surface area contributed by atoms with Crippen molar-refractivity contribution in [1.82, 2.24) is 4.98 Å². The van der Waals surface area contributed by atoms with Gasteiger partial charge in [-0.3, -0.25) is 0 Å². The van der Waals surface area contributed by atoms with Gasteiger partial charge in [0, 0.05) is 12.4 Å². The largest absolute Gasteiger partial charge is 0.508 e. The fraction of sp³-hybridized carbons (Fsp3) is 0.0769. The molecule has 0 saturated carbocycles. The number of rotatable bonds is 2. The van der Waals surface area contributed by atoms with Crippen molar-refractivity contribution < 1.29 is 5.11 Å². The molecule has 1 heterocycles. The number of pyridine rings is 1. The molecule has 0 saturated heterocycles. The van der Waals surface area contributed by atoms with Crippen molar-refractivity contribution in [2.24, 2.45) is 4.99 Å². The minimum atomic E-state index is 0.255. The van der Waals surface area contributed by atoms with Crippen molar-refractivity contribution in [3.63, 3.8) is 0 Å². The third-order valence-electron chi connectivity index (χ3n) is 2.13. The number of aromatic nitrogens is 1. The molecule has 3 nitrogen and oxygen atoms in total. The summed E-state index contributed by atoms with van der Waals surface area (Å²) in [6.45, 7) is 1.99. The Hall–Kier alpha value is -2.16. The Kier molecular flexibility index (Phi) is 2.96. The Morgan fingerprint density at radius 2 is 1.88 bits per heavy atom. The van der Waals surface area contributed by atoms with Gasteiger partial charge in [0.25, 0.3) is 0 Å². The van der Waals surface area contributed by atoms with E-state index in [2.05, 4.69) is 9.98 Å². The Bertz CT molecular complexity index is 439. The monoisotopic (exact) mass is 212 g/mol. The summed E-state index contributed by atoms with van der Waals surface area (Å²) in [6.07, 6.45) is 3.50. The summed E-state index contributed by atoms with van der Waals surface area (Å²) in [6, 6.07) is 10.7. The Morgan fingerprint density at radius 1 is 1.12 bits per heavy atom. The standard InChI is InChI=1S/C13H12N2O/c1-10-2-7-13(14-8-10)15-9-11-3-5-12(16)6-4-11/h2-9,16H,1H3. The first-order valence-corrected chi connectivity index (χ1v) is 5.00. The number of aromatic hydroxyl groups is 1. The predicted octanol–water partition coefficient (Wildman–Crippen LogP) is 2.85. The van der Waals surface area contributed by atoms with E-state index in [0.717, 1.165) is 11.1 Å². The molecule has 0 aliphatic rings. The van der Waals surface area contributed by atoms with Gasteiger partial charge in [-0.2, -0.15) is 0 Å². The zero-order valence-corrected chi connectivity index (χ0v) is 8.96. The van der Waals surface area contributed by atoms with Gasteiger partial charge in [0.1, 0.15) is 5.75 Å². The summed E-state index contributed by atoms with van der Waals surface area (Å²) in [5.74, 6) is 0.935. The molecule has 3 heteroatoms. The highest BCUT2D eigenvalue weighted by molar-refractivity contribution is 5.81. The lowest BCUT2D eigenvalue weighted by atomic mass is 10.2. The van der Waals surface area contributed by atoms with Crippen LogP contribution in [-0.2, 0) is 0 Å². The Labute approximate surface area is 94.1 Å². The van der Waals surface area contributed by atoms with E-state index < -0.39 is 0 Å². The second-order valence-electron chi connectivity index (χ2n) is 3.54. The van der Waals surface area contributed by atoms with Crippen LogP contribution in [0.4, 0.5) is 5.82 Å². The van der Waals surface area contributed by atoms with Crippen LogP contribution >= 0.6 is 0 Å². The molecule has 0 aliphatic carbocycles. The third-order valence-corrected chi connectivity index (χ3v) is 2.13. The fourth-order valence-corrected chi connectivity index (χ4v) is 1.24. The minimum absolute atomic E-state index is 0.255. The Morgan fingerprint density at radius 3 is 2.50 bits per heavy atom. The minimum Gasteiger partial charge on any atom is -0.508 e. The van der Waals surface area contributed by atoms with Crippen LogP contribution < -0.4 is 0 Å². The molecule has 2 rings (SSSR count). The van der Waals surface area contributed by atoms with E-state index in [1.54, 1.807) is 36.7 Å². The van der Waals surface area contributed by atoms with Crippen molar-refractivity contribution >= 4 is 12.0 Å². The van der Waals surface area contributed by atoms with Gasteiger partial charge >= 0.3 is 0 Å². The van der Waals surface area contributed by atoms with Gasteiger partial charge in [-0.05, 0) is 48.4 Å². The average molecular weight is 212 g/mol. The van der Waals surface area contributed by atoms with E-state index in [1.807, 2.05) is 19.1 Å². The number of phenolic OH excluding ortho intramolecular Hbond substituents is 1. The zero-order valence-electron chi connectivity index (χ0n) is 8.96. The molecule has 0 atom stereocenters. The number of hydrogen-bond donors (Lipinski definition) is 1. The van der Waals surface area contributed by atoms with Crippen LogP contribution in [-0.4, -0.2) is 16.3 Å². The average Bonchev–Trinajstić information content (AvgIpc) is 2.30. The second kappa shape index (κ2) is 4.57. The smallest absolute Gasteiger partial charge is 0.151 e. The lowest BCUT2D eigenvalue weighted by Crippen LogP contribution is -1.81. The van der Waals surface area contributed by atoms with Gasteiger partial charge in [-0.1, -0.05) is 6.07 Å². The quantitative estimate of drug-likeness (QED) is 0.778. The zero-order chi connectivity index (χ0) is 11.4.